The first-order chi connectivity index (χ1) is 18.6. The number of unbranched alkanes of at least 4 members (excludes halogenated alkanes) is 2. The molecule has 3 aromatic carbocycles. The van der Waals surface area contributed by atoms with Crippen molar-refractivity contribution in [1.29, 1.82) is 0 Å². The van der Waals surface area contributed by atoms with E-state index in [0.717, 1.165) is 55.2 Å². The first kappa shape index (κ1) is 27.1. The average molecular weight is 513 g/mol. The number of aromatic hydroxyl groups is 1. The van der Waals surface area contributed by atoms with Gasteiger partial charge in [-0.25, -0.2) is 0 Å². The number of fused-ring (bicyclic) bond motifs is 1. The molecular weight excluding hydrogens is 476 g/mol. The van der Waals surface area contributed by atoms with Crippen molar-refractivity contribution in [3.8, 4) is 11.6 Å². The molecule has 0 saturated carbocycles. The Bertz CT molecular complexity index is 1360. The van der Waals surface area contributed by atoms with E-state index in [2.05, 4.69) is 29.0 Å². The molecule has 4 rings (SSSR count). The summed E-state index contributed by atoms with van der Waals surface area (Å²) in [5.41, 5.74) is 2.47. The van der Waals surface area contributed by atoms with Crippen molar-refractivity contribution >= 4 is 22.5 Å². The molecule has 1 aromatic heterocycles. The molecular formula is C31H36N4O3. The van der Waals surface area contributed by atoms with Crippen LogP contribution in [0.25, 0.3) is 10.9 Å². The van der Waals surface area contributed by atoms with Crippen molar-refractivity contribution in [2.24, 2.45) is 10.2 Å². The van der Waals surface area contributed by atoms with Gasteiger partial charge in [-0.05, 0) is 49.7 Å². The highest BCUT2D eigenvalue weighted by Gasteiger charge is 2.19. The Balaban J connectivity index is 1.58. The van der Waals surface area contributed by atoms with E-state index in [9.17, 15) is 9.90 Å². The maximum Gasteiger partial charge on any atom is 0.299 e. The molecule has 0 fully saturated rings. The molecule has 0 aliphatic rings. The number of carbonyl (C=O) groups excluding carboxylic acids is 1. The smallest absolute Gasteiger partial charge is 0.299 e. The van der Waals surface area contributed by atoms with Crippen LogP contribution in [0.3, 0.4) is 0 Å². The standard InChI is InChI=1S/C31H36N4O3/c1-3-5-20-34(21-6-4-2)23-35-27-18-12-10-16-25(27)29(31(35)37)32-33-30(36)26-17-11-13-19-28(26)38-22-24-14-8-7-9-15-24/h7-19,37H,3-6,20-23H2,1-2H3. The van der Waals surface area contributed by atoms with E-state index in [0.29, 0.717) is 30.3 Å². The molecule has 0 aliphatic carbocycles. The van der Waals surface area contributed by atoms with Crippen molar-refractivity contribution in [2.45, 2.75) is 52.8 Å². The minimum atomic E-state index is -0.530. The number of nitrogens with zero attached hydrogens (tertiary/aromatic N) is 4. The fraction of sp³-hybridized carbons (Fsp3) is 0.323. The first-order valence-electron chi connectivity index (χ1n) is 13.4. The molecule has 38 heavy (non-hydrogen) atoms. The number of hydrogen-bond donors (Lipinski definition) is 1. The minimum Gasteiger partial charge on any atom is -0.493 e. The molecule has 0 unspecified atom stereocenters. The monoisotopic (exact) mass is 512 g/mol. The minimum absolute atomic E-state index is 0.00867. The zero-order chi connectivity index (χ0) is 26.7. The van der Waals surface area contributed by atoms with Crippen molar-refractivity contribution < 1.29 is 14.6 Å². The number of hydrogen-bond acceptors (Lipinski definition) is 5. The Hall–Kier alpha value is -3.97. The van der Waals surface area contributed by atoms with E-state index in [1.165, 1.54) is 0 Å². The Labute approximate surface area is 224 Å². The number of rotatable bonds is 13. The highest BCUT2D eigenvalue weighted by atomic mass is 16.5. The van der Waals surface area contributed by atoms with E-state index < -0.39 is 5.91 Å². The highest BCUT2D eigenvalue weighted by molar-refractivity contribution is 5.98. The molecule has 7 heteroatoms. The van der Waals surface area contributed by atoms with Crippen LogP contribution in [0.5, 0.6) is 11.6 Å². The first-order valence-corrected chi connectivity index (χ1v) is 13.4. The Kier molecular flexibility index (Phi) is 9.65. The summed E-state index contributed by atoms with van der Waals surface area (Å²) in [5, 5.41) is 20.2. The number of aromatic nitrogens is 1. The van der Waals surface area contributed by atoms with Gasteiger partial charge in [-0.15, -0.1) is 10.2 Å². The van der Waals surface area contributed by atoms with Gasteiger partial charge in [0.05, 0.1) is 17.7 Å². The summed E-state index contributed by atoms with van der Waals surface area (Å²) in [5.74, 6) is -0.0822. The van der Waals surface area contributed by atoms with Gasteiger partial charge in [-0.3, -0.25) is 14.3 Å². The van der Waals surface area contributed by atoms with Crippen LogP contribution in [0.4, 0.5) is 5.69 Å². The van der Waals surface area contributed by atoms with E-state index in [4.69, 9.17) is 4.74 Å². The lowest BCUT2D eigenvalue weighted by Crippen LogP contribution is -2.28. The summed E-state index contributed by atoms with van der Waals surface area (Å²) in [6.07, 6.45) is 4.41. The van der Waals surface area contributed by atoms with Crippen LogP contribution in [0.1, 0.15) is 55.5 Å². The molecule has 0 radical (unpaired) electrons. The normalized spacial score (nSPS) is 11.6. The molecule has 1 amide bonds. The number of para-hydroxylation sites is 2. The second-order valence-electron chi connectivity index (χ2n) is 9.36. The third-order valence-corrected chi connectivity index (χ3v) is 6.51. The van der Waals surface area contributed by atoms with E-state index >= 15 is 0 Å². The summed E-state index contributed by atoms with van der Waals surface area (Å²) < 4.78 is 7.78. The molecule has 0 bridgehead atoms. The Morgan fingerprint density at radius 3 is 2.29 bits per heavy atom. The lowest BCUT2D eigenvalue weighted by atomic mass is 10.2. The third-order valence-electron chi connectivity index (χ3n) is 6.51. The average Bonchev–Trinajstić information content (AvgIpc) is 3.22. The number of benzene rings is 3. The van der Waals surface area contributed by atoms with Crippen LogP contribution in [-0.4, -0.2) is 33.6 Å². The second-order valence-corrected chi connectivity index (χ2v) is 9.36. The van der Waals surface area contributed by atoms with Gasteiger partial charge in [-0.1, -0.05) is 87.4 Å². The summed E-state index contributed by atoms with van der Waals surface area (Å²) in [7, 11) is 0. The molecule has 4 aromatic rings. The van der Waals surface area contributed by atoms with E-state index in [1.54, 1.807) is 18.2 Å². The van der Waals surface area contributed by atoms with E-state index in [-0.39, 0.29) is 5.88 Å². The van der Waals surface area contributed by atoms with Gasteiger partial charge >= 0.3 is 0 Å². The highest BCUT2D eigenvalue weighted by Crippen LogP contribution is 2.39. The summed E-state index contributed by atoms with van der Waals surface area (Å²) >= 11 is 0. The molecule has 0 atom stereocenters. The number of ether oxygens (including phenoxy) is 1. The van der Waals surface area contributed by atoms with Crippen LogP contribution in [0.15, 0.2) is 89.1 Å². The number of azo groups is 1. The fourth-order valence-corrected chi connectivity index (χ4v) is 4.38. The summed E-state index contributed by atoms with van der Waals surface area (Å²) in [6, 6.07) is 24.5. The van der Waals surface area contributed by atoms with Crippen LogP contribution in [-0.2, 0) is 13.3 Å². The molecule has 0 aliphatic heterocycles. The Morgan fingerprint density at radius 2 is 1.55 bits per heavy atom. The third kappa shape index (κ3) is 6.66. The molecule has 1 heterocycles. The number of carbonyl (C=O) groups is 1. The van der Waals surface area contributed by atoms with Crippen LogP contribution < -0.4 is 4.74 Å². The van der Waals surface area contributed by atoms with Crippen molar-refractivity contribution in [3.05, 3.63) is 90.0 Å². The number of amides is 1. The molecule has 0 saturated heterocycles. The molecule has 7 nitrogen and oxygen atoms in total. The van der Waals surface area contributed by atoms with Gasteiger partial charge in [0.25, 0.3) is 5.91 Å². The maximum absolute atomic E-state index is 13.1. The summed E-state index contributed by atoms with van der Waals surface area (Å²) in [4.78, 5) is 15.4. The summed E-state index contributed by atoms with van der Waals surface area (Å²) in [6.45, 7) is 7.16. The quantitative estimate of drug-likeness (QED) is 0.186. The van der Waals surface area contributed by atoms with Gasteiger partial charge in [0.2, 0.25) is 5.88 Å². The van der Waals surface area contributed by atoms with Gasteiger partial charge in [-0.2, -0.15) is 0 Å². The van der Waals surface area contributed by atoms with Crippen LogP contribution >= 0.6 is 0 Å². The lowest BCUT2D eigenvalue weighted by Gasteiger charge is -2.23. The van der Waals surface area contributed by atoms with E-state index in [1.807, 2.05) is 65.2 Å². The molecule has 198 valence electrons. The van der Waals surface area contributed by atoms with Gasteiger partial charge in [0, 0.05) is 5.39 Å². The van der Waals surface area contributed by atoms with Gasteiger partial charge in [0.1, 0.15) is 12.4 Å². The zero-order valence-corrected chi connectivity index (χ0v) is 22.2. The van der Waals surface area contributed by atoms with Gasteiger partial charge in [0.15, 0.2) is 5.69 Å². The SMILES string of the molecule is CCCCN(CCCC)Cn1c(O)c(N=NC(=O)c2ccccc2OCc2ccccc2)c2ccccc21. The second kappa shape index (κ2) is 13.5. The topological polar surface area (TPSA) is 79.4 Å². The molecule has 1 N–H and O–H groups in total. The van der Waals surface area contributed by atoms with Crippen molar-refractivity contribution in [1.82, 2.24) is 9.47 Å². The lowest BCUT2D eigenvalue weighted by molar-refractivity contribution is 0.0990. The molecule has 0 spiro atoms. The fourth-order valence-electron chi connectivity index (χ4n) is 4.38. The predicted molar refractivity (Wildman–Crippen MR) is 151 cm³/mol. The maximum atomic E-state index is 13.1. The largest absolute Gasteiger partial charge is 0.493 e. The van der Waals surface area contributed by atoms with Gasteiger partial charge < -0.3 is 9.84 Å². The van der Waals surface area contributed by atoms with Crippen LogP contribution in [0, 0.1) is 0 Å². The Morgan fingerprint density at radius 1 is 0.895 bits per heavy atom. The zero-order valence-electron chi connectivity index (χ0n) is 22.2. The predicted octanol–water partition coefficient (Wildman–Crippen LogP) is 7.71. The van der Waals surface area contributed by atoms with Crippen molar-refractivity contribution in [2.75, 3.05) is 13.1 Å². The van der Waals surface area contributed by atoms with Crippen LogP contribution in [0.2, 0.25) is 0 Å². The van der Waals surface area contributed by atoms with Crippen molar-refractivity contribution in [3.63, 3.8) is 0 Å².